The SMILES string of the molecule is COc1cccc(CN2CCN(Cc3nc(C)cs3)CC2=O)c1. The highest BCUT2D eigenvalue weighted by Crippen LogP contribution is 2.17. The summed E-state index contributed by atoms with van der Waals surface area (Å²) >= 11 is 1.66. The molecule has 1 aliphatic rings. The Morgan fingerprint density at radius 1 is 1.30 bits per heavy atom. The Morgan fingerprint density at radius 2 is 2.17 bits per heavy atom. The van der Waals surface area contributed by atoms with Gasteiger partial charge in [-0.25, -0.2) is 4.98 Å². The van der Waals surface area contributed by atoms with Gasteiger partial charge in [0.05, 0.1) is 20.2 Å². The summed E-state index contributed by atoms with van der Waals surface area (Å²) in [5.74, 6) is 1.00. The lowest BCUT2D eigenvalue weighted by atomic mass is 10.2. The smallest absolute Gasteiger partial charge is 0.237 e. The number of nitrogens with zero attached hydrogens (tertiary/aromatic N) is 3. The van der Waals surface area contributed by atoms with Crippen molar-refractivity contribution >= 4 is 17.2 Å². The van der Waals surface area contributed by atoms with Crippen LogP contribution in [0, 0.1) is 6.92 Å². The van der Waals surface area contributed by atoms with Crippen LogP contribution >= 0.6 is 11.3 Å². The van der Waals surface area contributed by atoms with E-state index in [4.69, 9.17) is 4.74 Å². The van der Waals surface area contributed by atoms with Crippen LogP contribution < -0.4 is 4.74 Å². The van der Waals surface area contributed by atoms with Crippen molar-refractivity contribution in [3.63, 3.8) is 0 Å². The first-order valence-corrected chi connectivity index (χ1v) is 8.56. The monoisotopic (exact) mass is 331 g/mol. The minimum Gasteiger partial charge on any atom is -0.497 e. The highest BCUT2D eigenvalue weighted by atomic mass is 32.1. The van der Waals surface area contributed by atoms with Gasteiger partial charge in [0.2, 0.25) is 5.91 Å². The second-order valence-electron chi connectivity index (χ2n) is 5.76. The maximum atomic E-state index is 12.4. The van der Waals surface area contributed by atoms with Gasteiger partial charge in [-0.2, -0.15) is 0 Å². The third kappa shape index (κ3) is 4.09. The molecule has 1 aromatic heterocycles. The number of carbonyl (C=O) groups is 1. The lowest BCUT2D eigenvalue weighted by molar-refractivity contribution is -0.136. The average molecular weight is 331 g/mol. The first kappa shape index (κ1) is 16.0. The van der Waals surface area contributed by atoms with Gasteiger partial charge in [0, 0.05) is 30.7 Å². The molecule has 0 aliphatic carbocycles. The van der Waals surface area contributed by atoms with Crippen molar-refractivity contribution in [3.8, 4) is 5.75 Å². The van der Waals surface area contributed by atoms with Gasteiger partial charge >= 0.3 is 0 Å². The number of piperazine rings is 1. The topological polar surface area (TPSA) is 45.7 Å². The molecule has 2 aromatic rings. The summed E-state index contributed by atoms with van der Waals surface area (Å²) in [5.41, 5.74) is 2.15. The lowest BCUT2D eigenvalue weighted by Gasteiger charge is -2.34. The third-order valence-electron chi connectivity index (χ3n) is 3.93. The van der Waals surface area contributed by atoms with Crippen molar-refractivity contribution in [2.75, 3.05) is 26.7 Å². The van der Waals surface area contributed by atoms with E-state index in [-0.39, 0.29) is 5.91 Å². The molecule has 0 unspecified atom stereocenters. The quantitative estimate of drug-likeness (QED) is 0.843. The fourth-order valence-electron chi connectivity index (χ4n) is 2.72. The zero-order valence-corrected chi connectivity index (χ0v) is 14.3. The molecule has 1 saturated heterocycles. The number of methoxy groups -OCH3 is 1. The van der Waals surface area contributed by atoms with Crippen LogP contribution in [-0.4, -0.2) is 47.4 Å². The minimum atomic E-state index is 0.173. The number of thiazole rings is 1. The Hall–Kier alpha value is -1.92. The van der Waals surface area contributed by atoms with Crippen LogP contribution in [0.25, 0.3) is 0 Å². The molecule has 0 saturated carbocycles. The first-order chi connectivity index (χ1) is 11.1. The summed E-state index contributed by atoms with van der Waals surface area (Å²) in [6, 6.07) is 7.89. The minimum absolute atomic E-state index is 0.173. The van der Waals surface area contributed by atoms with Crippen molar-refractivity contribution in [3.05, 3.63) is 45.9 Å². The van der Waals surface area contributed by atoms with E-state index >= 15 is 0 Å². The summed E-state index contributed by atoms with van der Waals surface area (Å²) in [6.07, 6.45) is 0. The Kier molecular flexibility index (Phi) is 4.93. The Morgan fingerprint density at radius 3 is 2.87 bits per heavy atom. The average Bonchev–Trinajstić information content (AvgIpc) is 2.95. The van der Waals surface area contributed by atoms with Crippen LogP contribution in [0.1, 0.15) is 16.3 Å². The van der Waals surface area contributed by atoms with E-state index in [1.54, 1.807) is 18.4 Å². The zero-order valence-electron chi connectivity index (χ0n) is 13.5. The number of hydrogen-bond donors (Lipinski definition) is 0. The van der Waals surface area contributed by atoms with Crippen molar-refractivity contribution in [2.45, 2.75) is 20.0 Å². The van der Waals surface area contributed by atoms with E-state index < -0.39 is 0 Å². The Balaban J connectivity index is 1.57. The highest BCUT2D eigenvalue weighted by Gasteiger charge is 2.24. The predicted molar refractivity (Wildman–Crippen MR) is 90.5 cm³/mol. The van der Waals surface area contributed by atoms with Crippen LogP contribution in [-0.2, 0) is 17.9 Å². The molecule has 6 heteroatoms. The lowest BCUT2D eigenvalue weighted by Crippen LogP contribution is -2.49. The first-order valence-electron chi connectivity index (χ1n) is 7.68. The van der Waals surface area contributed by atoms with Gasteiger partial charge in [-0.05, 0) is 24.6 Å². The molecular weight excluding hydrogens is 310 g/mol. The largest absolute Gasteiger partial charge is 0.497 e. The van der Waals surface area contributed by atoms with Gasteiger partial charge in [0.15, 0.2) is 0 Å². The molecule has 2 heterocycles. The molecule has 0 N–H and O–H groups in total. The number of carbonyl (C=O) groups excluding carboxylic acids is 1. The molecule has 1 fully saturated rings. The van der Waals surface area contributed by atoms with E-state index in [0.29, 0.717) is 13.1 Å². The summed E-state index contributed by atoms with van der Waals surface area (Å²) in [4.78, 5) is 21.0. The van der Waals surface area contributed by atoms with Crippen LogP contribution in [0.3, 0.4) is 0 Å². The van der Waals surface area contributed by atoms with E-state index in [2.05, 4.69) is 15.3 Å². The van der Waals surface area contributed by atoms with Crippen molar-refractivity contribution in [2.24, 2.45) is 0 Å². The van der Waals surface area contributed by atoms with Crippen LogP contribution in [0.5, 0.6) is 5.75 Å². The van der Waals surface area contributed by atoms with Crippen LogP contribution in [0.4, 0.5) is 0 Å². The summed E-state index contributed by atoms with van der Waals surface area (Å²) in [6.45, 7) is 5.49. The number of hydrogen-bond acceptors (Lipinski definition) is 5. The number of benzene rings is 1. The van der Waals surface area contributed by atoms with Crippen molar-refractivity contribution < 1.29 is 9.53 Å². The summed E-state index contributed by atoms with van der Waals surface area (Å²) in [7, 11) is 1.66. The molecule has 0 spiro atoms. The van der Waals surface area contributed by atoms with Crippen molar-refractivity contribution in [1.82, 2.24) is 14.8 Å². The standard InChI is InChI=1S/C17H21N3O2S/c1-13-12-23-16(18-13)10-19-6-7-20(17(21)11-19)9-14-4-3-5-15(8-14)22-2/h3-5,8,12H,6-7,9-11H2,1-2H3. The molecule has 0 radical (unpaired) electrons. The maximum Gasteiger partial charge on any atom is 0.237 e. The molecule has 0 bridgehead atoms. The molecule has 1 aliphatic heterocycles. The van der Waals surface area contributed by atoms with Gasteiger partial charge in [-0.3, -0.25) is 9.69 Å². The number of rotatable bonds is 5. The molecule has 5 nitrogen and oxygen atoms in total. The molecule has 3 rings (SSSR count). The normalized spacial score (nSPS) is 15.9. The molecule has 1 aromatic carbocycles. The van der Waals surface area contributed by atoms with E-state index in [1.807, 2.05) is 36.1 Å². The highest BCUT2D eigenvalue weighted by molar-refractivity contribution is 7.09. The Bertz CT molecular complexity index is 686. The van der Waals surface area contributed by atoms with Crippen LogP contribution in [0.15, 0.2) is 29.6 Å². The summed E-state index contributed by atoms with van der Waals surface area (Å²) < 4.78 is 5.24. The number of aryl methyl sites for hydroxylation is 1. The van der Waals surface area contributed by atoms with Crippen molar-refractivity contribution in [1.29, 1.82) is 0 Å². The van der Waals surface area contributed by atoms with Gasteiger partial charge < -0.3 is 9.64 Å². The molecule has 122 valence electrons. The number of aromatic nitrogens is 1. The van der Waals surface area contributed by atoms with E-state index in [1.165, 1.54) is 0 Å². The summed E-state index contributed by atoms with van der Waals surface area (Å²) in [5, 5.41) is 3.13. The van der Waals surface area contributed by atoms with Crippen LogP contribution in [0.2, 0.25) is 0 Å². The fourth-order valence-corrected chi connectivity index (χ4v) is 3.53. The Labute approximate surface area is 140 Å². The predicted octanol–water partition coefficient (Wildman–Crippen LogP) is 2.30. The van der Waals surface area contributed by atoms with Gasteiger partial charge in [0.1, 0.15) is 10.8 Å². The molecule has 1 amide bonds. The van der Waals surface area contributed by atoms with E-state index in [9.17, 15) is 4.79 Å². The zero-order chi connectivity index (χ0) is 16.2. The van der Waals surface area contributed by atoms with E-state index in [0.717, 1.165) is 41.6 Å². The number of amides is 1. The van der Waals surface area contributed by atoms with Gasteiger partial charge in [-0.1, -0.05) is 12.1 Å². The fraction of sp³-hybridized carbons (Fsp3) is 0.412. The second-order valence-corrected chi connectivity index (χ2v) is 6.70. The van der Waals surface area contributed by atoms with Gasteiger partial charge in [-0.15, -0.1) is 11.3 Å². The maximum absolute atomic E-state index is 12.4. The number of ether oxygens (including phenoxy) is 1. The third-order valence-corrected chi connectivity index (χ3v) is 4.88. The molecule has 0 atom stereocenters. The molecular formula is C17H21N3O2S. The molecule has 23 heavy (non-hydrogen) atoms. The van der Waals surface area contributed by atoms with Gasteiger partial charge in [0.25, 0.3) is 0 Å². The second kappa shape index (κ2) is 7.10.